The maximum Gasteiger partial charge on any atom is 0.0957 e. The van der Waals surface area contributed by atoms with Gasteiger partial charge in [-0.05, 0) is 37.3 Å². The summed E-state index contributed by atoms with van der Waals surface area (Å²) in [4.78, 5) is 6.78. The van der Waals surface area contributed by atoms with E-state index < -0.39 is 6.10 Å². The average Bonchev–Trinajstić information content (AvgIpc) is 2.47. The summed E-state index contributed by atoms with van der Waals surface area (Å²) < 4.78 is 0. The number of pyridine rings is 1. The third-order valence-corrected chi connectivity index (χ3v) is 4.06. The first kappa shape index (κ1) is 13.3. The summed E-state index contributed by atoms with van der Waals surface area (Å²) >= 11 is 0. The molecule has 2 heterocycles. The number of nitrogens with zero attached hydrogens (tertiary/aromatic N) is 2. The molecule has 0 aliphatic carbocycles. The number of anilines is 1. The first-order chi connectivity index (χ1) is 8.74. The van der Waals surface area contributed by atoms with Crippen LogP contribution in [0, 0.1) is 5.92 Å². The predicted octanol–water partition coefficient (Wildman–Crippen LogP) is 3.15. The maximum atomic E-state index is 9.72. The number of aromatic nitrogens is 1. The van der Waals surface area contributed by atoms with Gasteiger partial charge in [0.2, 0.25) is 0 Å². The molecular weight excluding hydrogens is 224 g/mol. The molecule has 0 aromatic carbocycles. The zero-order chi connectivity index (χ0) is 13.0. The lowest BCUT2D eigenvalue weighted by atomic mass is 9.94. The lowest BCUT2D eigenvalue weighted by Crippen LogP contribution is -2.33. The number of aliphatic hydroxyl groups excluding tert-OH is 1. The van der Waals surface area contributed by atoms with Gasteiger partial charge in [-0.1, -0.05) is 20.3 Å². The number of piperidine rings is 1. The van der Waals surface area contributed by atoms with Crippen LogP contribution in [0.3, 0.4) is 0 Å². The number of hydrogen-bond acceptors (Lipinski definition) is 3. The number of rotatable bonds is 4. The second kappa shape index (κ2) is 6.19. The van der Waals surface area contributed by atoms with Crippen molar-refractivity contribution in [1.29, 1.82) is 0 Å². The third kappa shape index (κ3) is 3.02. The van der Waals surface area contributed by atoms with Gasteiger partial charge in [0.1, 0.15) is 0 Å². The summed E-state index contributed by atoms with van der Waals surface area (Å²) in [5.74, 6) is 0.899. The van der Waals surface area contributed by atoms with E-state index in [-0.39, 0.29) is 0 Å². The Labute approximate surface area is 110 Å². The molecule has 100 valence electrons. The van der Waals surface area contributed by atoms with Crippen LogP contribution < -0.4 is 4.90 Å². The van der Waals surface area contributed by atoms with Crippen molar-refractivity contribution in [3.63, 3.8) is 0 Å². The highest BCUT2D eigenvalue weighted by molar-refractivity contribution is 5.45. The smallest absolute Gasteiger partial charge is 0.0957 e. The fourth-order valence-electron chi connectivity index (χ4n) is 2.59. The number of hydrogen-bond donors (Lipinski definition) is 1. The van der Waals surface area contributed by atoms with Gasteiger partial charge in [-0.3, -0.25) is 4.98 Å². The molecular formula is C15H24N2O. The molecule has 0 unspecified atom stereocenters. The zero-order valence-electron chi connectivity index (χ0n) is 11.5. The van der Waals surface area contributed by atoms with Crippen LogP contribution in [0.4, 0.5) is 5.69 Å². The van der Waals surface area contributed by atoms with Crippen molar-refractivity contribution in [1.82, 2.24) is 4.98 Å². The van der Waals surface area contributed by atoms with E-state index in [9.17, 15) is 5.11 Å². The second-order valence-corrected chi connectivity index (χ2v) is 5.20. The topological polar surface area (TPSA) is 36.4 Å². The molecule has 18 heavy (non-hydrogen) atoms. The Hall–Kier alpha value is -1.09. The van der Waals surface area contributed by atoms with Crippen molar-refractivity contribution in [2.24, 2.45) is 5.92 Å². The molecule has 0 radical (unpaired) electrons. The van der Waals surface area contributed by atoms with E-state index in [1.54, 1.807) is 0 Å². The Balaban J connectivity index is 1.98. The highest BCUT2D eigenvalue weighted by Crippen LogP contribution is 2.25. The number of aliphatic hydroxyl groups is 1. The summed E-state index contributed by atoms with van der Waals surface area (Å²) in [5.41, 5.74) is 1.97. The van der Waals surface area contributed by atoms with Crippen molar-refractivity contribution in [3.8, 4) is 0 Å². The van der Waals surface area contributed by atoms with Crippen molar-refractivity contribution in [3.05, 3.63) is 24.0 Å². The van der Waals surface area contributed by atoms with Crippen molar-refractivity contribution >= 4 is 5.69 Å². The van der Waals surface area contributed by atoms with Crippen LogP contribution in [0.2, 0.25) is 0 Å². The first-order valence-corrected chi connectivity index (χ1v) is 7.13. The molecule has 0 saturated carbocycles. The quantitative estimate of drug-likeness (QED) is 0.889. The minimum absolute atomic E-state index is 0.426. The van der Waals surface area contributed by atoms with Gasteiger partial charge in [-0.25, -0.2) is 0 Å². The van der Waals surface area contributed by atoms with Crippen molar-refractivity contribution < 1.29 is 5.11 Å². The van der Waals surface area contributed by atoms with Crippen LogP contribution in [-0.4, -0.2) is 23.2 Å². The normalized spacial score (nSPS) is 18.9. The van der Waals surface area contributed by atoms with Crippen LogP contribution in [0.25, 0.3) is 0 Å². The van der Waals surface area contributed by atoms with Gasteiger partial charge in [0.05, 0.1) is 23.7 Å². The van der Waals surface area contributed by atoms with Gasteiger partial charge >= 0.3 is 0 Å². The largest absolute Gasteiger partial charge is 0.387 e. The molecule has 0 spiro atoms. The molecule has 1 fully saturated rings. The van der Waals surface area contributed by atoms with Gasteiger partial charge < -0.3 is 10.0 Å². The summed E-state index contributed by atoms with van der Waals surface area (Å²) in [7, 11) is 0. The van der Waals surface area contributed by atoms with E-state index in [2.05, 4.69) is 22.9 Å². The predicted molar refractivity (Wildman–Crippen MR) is 74.7 cm³/mol. The standard InChI is InChI=1S/C15H24N2O/c1-3-12-7-9-17(10-8-12)13-5-6-14(16-11-13)15(18)4-2/h5-6,11-12,15,18H,3-4,7-10H2,1-2H3/t15-/m0/s1. The maximum absolute atomic E-state index is 9.72. The summed E-state index contributed by atoms with van der Waals surface area (Å²) in [6.07, 6.45) is 6.07. The highest BCUT2D eigenvalue weighted by atomic mass is 16.3. The molecule has 2 rings (SSSR count). The van der Waals surface area contributed by atoms with Crippen molar-refractivity contribution in [2.45, 2.75) is 45.6 Å². The Morgan fingerprint density at radius 3 is 2.56 bits per heavy atom. The summed E-state index contributed by atoms with van der Waals surface area (Å²) in [6.45, 7) is 6.52. The molecule has 1 aliphatic rings. The molecule has 1 N–H and O–H groups in total. The molecule has 0 amide bonds. The Bertz CT molecular complexity index is 355. The van der Waals surface area contributed by atoms with E-state index in [0.717, 1.165) is 24.7 Å². The van der Waals surface area contributed by atoms with E-state index in [4.69, 9.17) is 0 Å². The summed E-state index contributed by atoms with van der Waals surface area (Å²) in [6, 6.07) is 4.04. The summed E-state index contributed by atoms with van der Waals surface area (Å²) in [5, 5.41) is 9.72. The average molecular weight is 248 g/mol. The van der Waals surface area contributed by atoms with E-state index in [1.807, 2.05) is 19.2 Å². The molecule has 0 bridgehead atoms. The molecule has 1 saturated heterocycles. The lowest BCUT2D eigenvalue weighted by Gasteiger charge is -2.33. The molecule has 1 aliphatic heterocycles. The molecule has 3 heteroatoms. The molecule has 1 atom stereocenters. The fourth-order valence-corrected chi connectivity index (χ4v) is 2.59. The van der Waals surface area contributed by atoms with Crippen molar-refractivity contribution in [2.75, 3.05) is 18.0 Å². The molecule has 1 aromatic rings. The minimum atomic E-state index is -0.426. The van der Waals surface area contributed by atoms with Gasteiger partial charge in [-0.2, -0.15) is 0 Å². The van der Waals surface area contributed by atoms with Crippen LogP contribution in [0.15, 0.2) is 18.3 Å². The first-order valence-electron chi connectivity index (χ1n) is 7.13. The zero-order valence-corrected chi connectivity index (χ0v) is 11.5. The molecule has 3 nitrogen and oxygen atoms in total. The van der Waals surface area contributed by atoms with Gasteiger partial charge in [0.15, 0.2) is 0 Å². The van der Waals surface area contributed by atoms with E-state index in [0.29, 0.717) is 6.42 Å². The Kier molecular flexibility index (Phi) is 4.59. The van der Waals surface area contributed by atoms with Gasteiger partial charge in [0, 0.05) is 13.1 Å². The van der Waals surface area contributed by atoms with Gasteiger partial charge in [0.25, 0.3) is 0 Å². The van der Waals surface area contributed by atoms with Crippen LogP contribution in [0.5, 0.6) is 0 Å². The van der Waals surface area contributed by atoms with E-state index >= 15 is 0 Å². The van der Waals surface area contributed by atoms with E-state index in [1.165, 1.54) is 24.9 Å². The van der Waals surface area contributed by atoms with Gasteiger partial charge in [-0.15, -0.1) is 0 Å². The lowest BCUT2D eigenvalue weighted by molar-refractivity contribution is 0.169. The van der Waals surface area contributed by atoms with Crippen LogP contribution in [-0.2, 0) is 0 Å². The minimum Gasteiger partial charge on any atom is -0.387 e. The molecule has 1 aromatic heterocycles. The second-order valence-electron chi connectivity index (χ2n) is 5.20. The fraction of sp³-hybridized carbons (Fsp3) is 0.667. The third-order valence-electron chi connectivity index (χ3n) is 4.06. The Morgan fingerprint density at radius 2 is 2.06 bits per heavy atom. The SMILES string of the molecule is CCC1CCN(c2ccc([C@@H](O)CC)nc2)CC1. The van der Waals surface area contributed by atoms with Crippen LogP contribution >= 0.6 is 0 Å². The monoisotopic (exact) mass is 248 g/mol. The van der Waals surface area contributed by atoms with Crippen LogP contribution in [0.1, 0.15) is 51.3 Å². The Morgan fingerprint density at radius 1 is 1.33 bits per heavy atom. The highest BCUT2D eigenvalue weighted by Gasteiger charge is 2.18.